The monoisotopic (exact) mass is 529 g/mol. The minimum atomic E-state index is -0.809. The molecule has 37 heavy (non-hydrogen) atoms. The second-order valence-electron chi connectivity index (χ2n) is 7.73. The number of nitrogens with zero attached hydrogens (tertiary/aromatic N) is 4. The molecule has 0 aliphatic carbocycles. The smallest absolute Gasteiger partial charge is 0.338 e. The van der Waals surface area contributed by atoms with Crippen LogP contribution in [0.4, 0.5) is 0 Å². The molecule has 1 aliphatic heterocycles. The standard InChI is InChI=1S/C27H20ClN5O3S/c1-2-35-27(34)24-22(36-25(31)20(13-30)23(24)16-5-8-19(28)9-6-16)15-37-26-17(12-29)7-10-21(33-26)18-4-3-11-32-14-18/h3-11,14,23H,2,15,31H2,1H3/t23-/m0/s1. The zero-order valence-corrected chi connectivity index (χ0v) is 21.2. The van der Waals surface area contributed by atoms with Crippen LogP contribution in [0.15, 0.2) is 88.7 Å². The highest BCUT2D eigenvalue weighted by molar-refractivity contribution is 7.99. The average molecular weight is 530 g/mol. The molecule has 0 fully saturated rings. The molecule has 3 heterocycles. The van der Waals surface area contributed by atoms with E-state index in [1.54, 1.807) is 61.8 Å². The molecular weight excluding hydrogens is 510 g/mol. The number of carbonyl (C=O) groups excluding carboxylic acids is 1. The van der Waals surface area contributed by atoms with E-state index >= 15 is 0 Å². The molecule has 0 radical (unpaired) electrons. The lowest BCUT2D eigenvalue weighted by Gasteiger charge is -2.28. The number of ether oxygens (including phenoxy) is 2. The number of nitrogens with two attached hydrogens (primary N) is 1. The van der Waals surface area contributed by atoms with Crippen LogP contribution in [0.25, 0.3) is 11.3 Å². The third-order valence-corrected chi connectivity index (χ3v) is 6.72. The maximum Gasteiger partial charge on any atom is 0.338 e. The van der Waals surface area contributed by atoms with Crippen LogP contribution in [0.2, 0.25) is 5.02 Å². The van der Waals surface area contributed by atoms with Crippen LogP contribution in [0.1, 0.15) is 24.0 Å². The Morgan fingerprint density at radius 2 is 1.97 bits per heavy atom. The number of aromatic nitrogens is 2. The molecule has 3 aromatic rings. The van der Waals surface area contributed by atoms with E-state index < -0.39 is 11.9 Å². The molecule has 1 atom stereocenters. The summed E-state index contributed by atoms with van der Waals surface area (Å²) in [5.74, 6) is -1.22. The summed E-state index contributed by atoms with van der Waals surface area (Å²) in [4.78, 5) is 21.9. The van der Waals surface area contributed by atoms with Crippen molar-refractivity contribution in [1.29, 1.82) is 10.5 Å². The molecule has 0 bridgehead atoms. The first kappa shape index (κ1) is 25.8. The number of benzene rings is 1. The number of allylic oxidation sites excluding steroid dienone is 1. The first-order chi connectivity index (χ1) is 18.0. The summed E-state index contributed by atoms with van der Waals surface area (Å²) >= 11 is 7.27. The Morgan fingerprint density at radius 3 is 2.62 bits per heavy atom. The number of esters is 1. The molecule has 8 nitrogen and oxygen atoms in total. The van der Waals surface area contributed by atoms with E-state index in [-0.39, 0.29) is 35.1 Å². The van der Waals surface area contributed by atoms with Crippen molar-refractivity contribution < 1.29 is 14.3 Å². The van der Waals surface area contributed by atoms with Gasteiger partial charge in [-0.3, -0.25) is 4.98 Å². The summed E-state index contributed by atoms with van der Waals surface area (Å²) in [7, 11) is 0. The lowest BCUT2D eigenvalue weighted by molar-refractivity contribution is -0.139. The zero-order valence-electron chi connectivity index (χ0n) is 19.6. The number of hydrogen-bond acceptors (Lipinski definition) is 9. The summed E-state index contributed by atoms with van der Waals surface area (Å²) in [6, 6.07) is 18.1. The molecule has 0 spiro atoms. The van der Waals surface area contributed by atoms with Gasteiger partial charge in [0.25, 0.3) is 0 Å². The Bertz CT molecular complexity index is 1470. The Labute approximate surface area is 223 Å². The molecule has 2 N–H and O–H groups in total. The lowest BCUT2D eigenvalue weighted by atomic mass is 9.83. The Hall–Kier alpha value is -4.31. The topological polar surface area (TPSA) is 135 Å². The van der Waals surface area contributed by atoms with E-state index in [4.69, 9.17) is 26.8 Å². The summed E-state index contributed by atoms with van der Waals surface area (Å²) in [5.41, 5.74) is 8.82. The van der Waals surface area contributed by atoms with Crippen LogP contribution in [0.3, 0.4) is 0 Å². The molecular formula is C27H20ClN5O3S. The van der Waals surface area contributed by atoms with Gasteiger partial charge < -0.3 is 15.2 Å². The van der Waals surface area contributed by atoms with Crippen LogP contribution in [0, 0.1) is 22.7 Å². The quantitative estimate of drug-likeness (QED) is 0.328. The zero-order chi connectivity index (χ0) is 26.4. The van der Waals surface area contributed by atoms with E-state index in [0.29, 0.717) is 26.9 Å². The van der Waals surface area contributed by atoms with Crippen molar-refractivity contribution in [3.63, 3.8) is 0 Å². The Kier molecular flexibility index (Phi) is 8.09. The SMILES string of the molecule is CCOC(=O)C1=C(CSc2nc(-c3cccnc3)ccc2C#N)OC(N)=C(C#N)[C@@H]1c1ccc(Cl)cc1. The molecule has 0 saturated carbocycles. The highest BCUT2D eigenvalue weighted by Crippen LogP contribution is 2.41. The number of rotatable bonds is 7. The minimum absolute atomic E-state index is 0.0912. The fraction of sp³-hybridized carbons (Fsp3) is 0.148. The predicted molar refractivity (Wildman–Crippen MR) is 139 cm³/mol. The van der Waals surface area contributed by atoms with E-state index in [9.17, 15) is 15.3 Å². The van der Waals surface area contributed by atoms with Gasteiger partial charge in [-0.05, 0) is 48.9 Å². The third kappa shape index (κ3) is 5.59. The first-order valence-electron chi connectivity index (χ1n) is 11.1. The number of nitriles is 2. The van der Waals surface area contributed by atoms with Crippen LogP contribution in [-0.4, -0.2) is 28.3 Å². The molecule has 0 saturated heterocycles. The molecule has 1 aliphatic rings. The number of halogens is 1. The van der Waals surface area contributed by atoms with Crippen LogP contribution in [-0.2, 0) is 14.3 Å². The van der Waals surface area contributed by atoms with Gasteiger partial charge in [-0.1, -0.05) is 35.5 Å². The predicted octanol–water partition coefficient (Wildman–Crippen LogP) is 5.09. The number of pyridine rings is 2. The molecule has 10 heteroatoms. The van der Waals surface area contributed by atoms with Gasteiger partial charge in [0.2, 0.25) is 5.88 Å². The summed E-state index contributed by atoms with van der Waals surface area (Å²) < 4.78 is 11.1. The van der Waals surface area contributed by atoms with Crippen molar-refractivity contribution in [2.75, 3.05) is 12.4 Å². The maximum absolute atomic E-state index is 13.2. The number of thioether (sulfide) groups is 1. The van der Waals surface area contributed by atoms with E-state index in [2.05, 4.69) is 22.1 Å². The normalized spacial score (nSPS) is 15.0. The van der Waals surface area contributed by atoms with Crippen molar-refractivity contribution >= 4 is 29.3 Å². The van der Waals surface area contributed by atoms with Gasteiger partial charge in [-0.15, -0.1) is 0 Å². The van der Waals surface area contributed by atoms with Gasteiger partial charge in [0.05, 0.1) is 35.1 Å². The van der Waals surface area contributed by atoms with Gasteiger partial charge in [0, 0.05) is 23.0 Å². The fourth-order valence-corrected chi connectivity index (χ4v) is 4.83. The van der Waals surface area contributed by atoms with E-state index in [1.165, 1.54) is 11.8 Å². The largest absolute Gasteiger partial charge is 0.463 e. The van der Waals surface area contributed by atoms with Gasteiger partial charge in [0.15, 0.2) is 0 Å². The Morgan fingerprint density at radius 1 is 1.19 bits per heavy atom. The molecule has 1 aromatic carbocycles. The van der Waals surface area contributed by atoms with Crippen molar-refractivity contribution in [1.82, 2.24) is 9.97 Å². The molecule has 0 unspecified atom stereocenters. The van der Waals surface area contributed by atoms with E-state index in [0.717, 1.165) is 5.56 Å². The van der Waals surface area contributed by atoms with Crippen molar-refractivity contribution in [3.05, 3.63) is 99.9 Å². The van der Waals surface area contributed by atoms with Gasteiger partial charge in [-0.2, -0.15) is 10.5 Å². The van der Waals surface area contributed by atoms with Gasteiger partial charge in [-0.25, -0.2) is 9.78 Å². The third-order valence-electron chi connectivity index (χ3n) is 5.47. The second kappa shape index (κ2) is 11.6. The van der Waals surface area contributed by atoms with Gasteiger partial charge >= 0.3 is 5.97 Å². The van der Waals surface area contributed by atoms with Crippen molar-refractivity contribution in [2.24, 2.45) is 5.73 Å². The van der Waals surface area contributed by atoms with Crippen LogP contribution in [0.5, 0.6) is 0 Å². The second-order valence-corrected chi connectivity index (χ2v) is 9.13. The summed E-state index contributed by atoms with van der Waals surface area (Å²) in [6.45, 7) is 1.82. The van der Waals surface area contributed by atoms with Crippen LogP contribution < -0.4 is 5.73 Å². The molecule has 0 amide bonds. The number of carbonyl (C=O) groups is 1. The molecule has 2 aromatic heterocycles. The Balaban J connectivity index is 1.76. The highest BCUT2D eigenvalue weighted by Gasteiger charge is 2.37. The minimum Gasteiger partial charge on any atom is -0.463 e. The molecule has 184 valence electrons. The van der Waals surface area contributed by atoms with Crippen molar-refractivity contribution in [3.8, 4) is 23.4 Å². The fourth-order valence-electron chi connectivity index (χ4n) is 3.79. The average Bonchev–Trinajstić information content (AvgIpc) is 2.92. The van der Waals surface area contributed by atoms with Crippen molar-refractivity contribution in [2.45, 2.75) is 17.9 Å². The first-order valence-corrected chi connectivity index (χ1v) is 12.5. The summed E-state index contributed by atoms with van der Waals surface area (Å²) in [6.07, 6.45) is 3.34. The van der Waals surface area contributed by atoms with E-state index in [1.807, 2.05) is 6.07 Å². The summed E-state index contributed by atoms with van der Waals surface area (Å²) in [5, 5.41) is 20.4. The van der Waals surface area contributed by atoms with Crippen LogP contribution >= 0.6 is 23.4 Å². The molecule has 4 rings (SSSR count). The van der Waals surface area contributed by atoms with Gasteiger partial charge in [0.1, 0.15) is 28.5 Å². The highest BCUT2D eigenvalue weighted by atomic mass is 35.5. The maximum atomic E-state index is 13.2. The lowest BCUT2D eigenvalue weighted by Crippen LogP contribution is -2.27. The number of hydrogen-bond donors (Lipinski definition) is 1.